The lowest BCUT2D eigenvalue weighted by molar-refractivity contribution is 0.628. The summed E-state index contributed by atoms with van der Waals surface area (Å²) in [7, 11) is 0. The zero-order valence-electron chi connectivity index (χ0n) is 11.3. The highest BCUT2D eigenvalue weighted by atomic mass is 35.5. The Labute approximate surface area is 138 Å². The van der Waals surface area contributed by atoms with Crippen LogP contribution in [0.4, 0.5) is 4.39 Å². The highest BCUT2D eigenvalue weighted by Gasteiger charge is 2.16. The van der Waals surface area contributed by atoms with Gasteiger partial charge in [0.1, 0.15) is 11.5 Å². The molecule has 0 radical (unpaired) electrons. The van der Waals surface area contributed by atoms with Gasteiger partial charge in [0, 0.05) is 10.6 Å². The van der Waals surface area contributed by atoms with Crippen LogP contribution in [0, 0.1) is 5.82 Å². The monoisotopic (exact) mass is 348 g/mol. The maximum Gasteiger partial charge on any atom is 0.281 e. The molecule has 2 heterocycles. The van der Waals surface area contributed by atoms with Gasteiger partial charge >= 0.3 is 0 Å². The minimum atomic E-state index is -0.455. The van der Waals surface area contributed by atoms with Crippen molar-refractivity contribution in [3.05, 3.63) is 62.6 Å². The molecule has 0 saturated carbocycles. The molecular weight excluding hydrogens is 342 g/mol. The third kappa shape index (κ3) is 2.18. The van der Waals surface area contributed by atoms with Crippen LogP contribution < -0.4 is 5.56 Å². The van der Waals surface area contributed by atoms with Crippen molar-refractivity contribution < 1.29 is 4.39 Å². The maximum atomic E-state index is 13.2. The van der Waals surface area contributed by atoms with Crippen LogP contribution in [-0.2, 0) is 0 Å². The Morgan fingerprint density at radius 2 is 1.96 bits per heavy atom. The second-order valence-corrected chi connectivity index (χ2v) is 5.77. The first-order valence-electron chi connectivity index (χ1n) is 6.56. The van der Waals surface area contributed by atoms with Crippen molar-refractivity contribution in [1.82, 2.24) is 19.8 Å². The van der Waals surface area contributed by atoms with Gasteiger partial charge < -0.3 is 0 Å². The van der Waals surface area contributed by atoms with E-state index in [2.05, 4.69) is 15.3 Å². The van der Waals surface area contributed by atoms with Gasteiger partial charge in [-0.05, 0) is 36.4 Å². The van der Waals surface area contributed by atoms with Crippen LogP contribution in [0.1, 0.15) is 0 Å². The second-order valence-electron chi connectivity index (χ2n) is 4.92. The van der Waals surface area contributed by atoms with E-state index in [9.17, 15) is 9.18 Å². The molecule has 0 unspecified atom stereocenters. The number of hydrogen-bond donors (Lipinski definition) is 1. The topological polar surface area (TPSA) is 63.0 Å². The van der Waals surface area contributed by atoms with Crippen LogP contribution in [0.5, 0.6) is 0 Å². The molecule has 23 heavy (non-hydrogen) atoms. The molecule has 2 aromatic carbocycles. The van der Waals surface area contributed by atoms with E-state index < -0.39 is 11.4 Å². The number of aromatic amines is 1. The first-order valence-corrected chi connectivity index (χ1v) is 7.32. The molecule has 114 valence electrons. The van der Waals surface area contributed by atoms with Crippen molar-refractivity contribution in [2.75, 3.05) is 0 Å². The van der Waals surface area contributed by atoms with Crippen molar-refractivity contribution >= 4 is 39.8 Å². The lowest BCUT2D eigenvalue weighted by Crippen LogP contribution is -2.10. The molecule has 8 heteroatoms. The molecule has 0 aliphatic heterocycles. The summed E-state index contributed by atoms with van der Waals surface area (Å²) in [6, 6.07) is 8.85. The van der Waals surface area contributed by atoms with Crippen molar-refractivity contribution in [1.29, 1.82) is 0 Å². The number of halogens is 3. The summed E-state index contributed by atoms with van der Waals surface area (Å²) < 4.78 is 14.8. The van der Waals surface area contributed by atoms with Crippen molar-refractivity contribution in [2.45, 2.75) is 0 Å². The lowest BCUT2D eigenvalue weighted by Gasteiger charge is -2.03. The summed E-state index contributed by atoms with van der Waals surface area (Å²) in [6.07, 6.45) is 0. The molecule has 5 nitrogen and oxygen atoms in total. The zero-order valence-corrected chi connectivity index (χ0v) is 12.9. The Morgan fingerprint density at radius 3 is 2.74 bits per heavy atom. The summed E-state index contributed by atoms with van der Waals surface area (Å²) in [4.78, 5) is 16.3. The fourth-order valence-corrected chi connectivity index (χ4v) is 2.90. The Balaban J connectivity index is 2.09. The minimum absolute atomic E-state index is 0.185. The second kappa shape index (κ2) is 5.04. The molecule has 0 aliphatic carbocycles. The highest BCUT2D eigenvalue weighted by molar-refractivity contribution is 6.33. The average Bonchev–Trinajstić information content (AvgIpc) is 2.91. The number of rotatable bonds is 1. The SMILES string of the molecule is O=c1nc2c(-c3ccc(F)cc3Cl)n[nH]n2c2ccc(Cl)cc12. The van der Waals surface area contributed by atoms with Gasteiger partial charge in [0.2, 0.25) is 0 Å². The van der Waals surface area contributed by atoms with Gasteiger partial charge in [-0.15, -0.1) is 0 Å². The number of aromatic nitrogens is 4. The van der Waals surface area contributed by atoms with Crippen molar-refractivity contribution in [3.63, 3.8) is 0 Å². The number of benzene rings is 2. The van der Waals surface area contributed by atoms with Gasteiger partial charge in [0.25, 0.3) is 5.56 Å². The van der Waals surface area contributed by atoms with Gasteiger partial charge in [-0.25, -0.2) is 14.1 Å². The molecular formula is C15H7Cl2FN4O. The largest absolute Gasteiger partial charge is 0.281 e. The summed E-state index contributed by atoms with van der Waals surface area (Å²) in [5, 5.41) is 7.95. The third-order valence-corrected chi connectivity index (χ3v) is 4.06. The smallest absolute Gasteiger partial charge is 0.267 e. The van der Waals surface area contributed by atoms with Gasteiger partial charge in [0.15, 0.2) is 5.65 Å². The van der Waals surface area contributed by atoms with E-state index in [1.807, 2.05) is 0 Å². The normalized spacial score (nSPS) is 11.4. The predicted octanol–water partition coefficient (Wildman–Crippen LogP) is 3.68. The standard InChI is InChI=1S/C15H7Cl2FN4O/c16-7-1-4-12-10(5-7)15(23)19-14-13(20-21-22(12)14)9-3-2-8(18)6-11(9)17/h1-6,21H. The summed E-state index contributed by atoms with van der Waals surface area (Å²) in [6.45, 7) is 0. The third-order valence-electron chi connectivity index (χ3n) is 3.51. The van der Waals surface area contributed by atoms with Crippen molar-refractivity contribution in [3.8, 4) is 11.3 Å². The first kappa shape index (κ1) is 14.2. The number of nitrogens with one attached hydrogen (secondary N) is 1. The Kier molecular flexibility index (Phi) is 3.11. The van der Waals surface area contributed by atoms with Crippen LogP contribution in [0.3, 0.4) is 0 Å². The molecule has 4 rings (SSSR count). The van der Waals surface area contributed by atoms with E-state index in [0.717, 1.165) is 0 Å². The highest BCUT2D eigenvalue weighted by Crippen LogP contribution is 2.29. The Morgan fingerprint density at radius 1 is 1.13 bits per heavy atom. The van der Waals surface area contributed by atoms with Gasteiger partial charge in [-0.1, -0.05) is 23.2 Å². The minimum Gasteiger partial charge on any atom is -0.267 e. The van der Waals surface area contributed by atoms with Gasteiger partial charge in [0.05, 0.1) is 15.9 Å². The molecule has 0 spiro atoms. The van der Waals surface area contributed by atoms with Crippen LogP contribution in [0.25, 0.3) is 27.8 Å². The van der Waals surface area contributed by atoms with Gasteiger partial charge in [-0.2, -0.15) is 10.1 Å². The van der Waals surface area contributed by atoms with Crippen LogP contribution in [0.15, 0.2) is 41.2 Å². The van der Waals surface area contributed by atoms with Crippen molar-refractivity contribution in [2.24, 2.45) is 0 Å². The molecule has 0 aliphatic rings. The number of nitrogens with zero attached hydrogens (tertiary/aromatic N) is 3. The number of hydrogen-bond acceptors (Lipinski definition) is 3. The molecule has 0 atom stereocenters. The van der Waals surface area contributed by atoms with Crippen LogP contribution in [-0.4, -0.2) is 19.8 Å². The molecule has 0 saturated heterocycles. The summed E-state index contributed by atoms with van der Waals surface area (Å²) in [5.74, 6) is -0.455. The van der Waals surface area contributed by atoms with E-state index in [0.29, 0.717) is 32.8 Å². The number of H-pyrrole nitrogens is 1. The lowest BCUT2D eigenvalue weighted by atomic mass is 10.1. The molecule has 0 fully saturated rings. The molecule has 0 bridgehead atoms. The average molecular weight is 349 g/mol. The van der Waals surface area contributed by atoms with Crippen LogP contribution in [0.2, 0.25) is 10.0 Å². The summed E-state index contributed by atoms with van der Waals surface area (Å²) in [5.41, 5.74) is 1.30. The van der Waals surface area contributed by atoms with E-state index >= 15 is 0 Å². The molecule has 1 N–H and O–H groups in total. The fourth-order valence-electron chi connectivity index (χ4n) is 2.47. The first-order chi connectivity index (χ1) is 11.0. The van der Waals surface area contributed by atoms with Crippen LogP contribution >= 0.6 is 23.2 Å². The molecule has 2 aromatic heterocycles. The van der Waals surface area contributed by atoms with E-state index in [-0.39, 0.29) is 5.02 Å². The molecule has 4 aromatic rings. The predicted molar refractivity (Wildman–Crippen MR) is 86.5 cm³/mol. The number of fused-ring (bicyclic) bond motifs is 3. The zero-order chi connectivity index (χ0) is 16.1. The Hall–Kier alpha value is -2.44. The van der Waals surface area contributed by atoms with Gasteiger partial charge in [-0.3, -0.25) is 4.79 Å². The fraction of sp³-hybridized carbons (Fsp3) is 0. The van der Waals surface area contributed by atoms with E-state index in [4.69, 9.17) is 23.2 Å². The van der Waals surface area contributed by atoms with E-state index in [1.165, 1.54) is 18.2 Å². The maximum absolute atomic E-state index is 13.2. The summed E-state index contributed by atoms with van der Waals surface area (Å²) >= 11 is 12.0. The van der Waals surface area contributed by atoms with E-state index in [1.54, 1.807) is 22.7 Å². The quantitative estimate of drug-likeness (QED) is 0.570. The Bertz CT molecular complexity index is 1140. The molecule has 0 amide bonds.